The van der Waals surface area contributed by atoms with Crippen molar-refractivity contribution in [2.24, 2.45) is 0 Å². The van der Waals surface area contributed by atoms with Crippen molar-refractivity contribution < 1.29 is 9.59 Å². The highest BCUT2D eigenvalue weighted by atomic mass is 16.2. The van der Waals surface area contributed by atoms with Crippen LogP contribution in [0.2, 0.25) is 0 Å². The van der Waals surface area contributed by atoms with Gasteiger partial charge in [-0.1, -0.05) is 20.3 Å². The second-order valence-electron chi connectivity index (χ2n) is 6.27. The van der Waals surface area contributed by atoms with Crippen molar-refractivity contribution in [3.05, 3.63) is 29.6 Å². The van der Waals surface area contributed by atoms with Crippen LogP contribution in [-0.4, -0.2) is 77.8 Å². The Morgan fingerprint density at radius 2 is 1.79 bits per heavy atom. The highest BCUT2D eigenvalue weighted by Crippen LogP contribution is 2.11. The molecule has 1 fully saturated rings. The molecular formula is C18H28N4O2. The fraction of sp³-hybridized carbons (Fsp3) is 0.611. The molecule has 6 nitrogen and oxygen atoms in total. The van der Waals surface area contributed by atoms with E-state index in [4.69, 9.17) is 0 Å². The highest BCUT2D eigenvalue weighted by molar-refractivity contribution is 5.99. The maximum Gasteiger partial charge on any atom is 0.255 e. The smallest absolute Gasteiger partial charge is 0.255 e. The number of rotatable bonds is 6. The van der Waals surface area contributed by atoms with E-state index >= 15 is 0 Å². The summed E-state index contributed by atoms with van der Waals surface area (Å²) in [5, 5.41) is 0. The molecule has 0 bridgehead atoms. The zero-order chi connectivity index (χ0) is 17.5. The lowest BCUT2D eigenvalue weighted by Gasteiger charge is -2.34. The molecule has 2 heterocycles. The molecule has 0 radical (unpaired) electrons. The minimum Gasteiger partial charge on any atom is -0.342 e. The van der Waals surface area contributed by atoms with Gasteiger partial charge in [0, 0.05) is 52.2 Å². The summed E-state index contributed by atoms with van der Waals surface area (Å²) < 4.78 is 0. The third kappa shape index (κ3) is 4.54. The quantitative estimate of drug-likeness (QED) is 0.796. The fourth-order valence-corrected chi connectivity index (χ4v) is 2.84. The maximum atomic E-state index is 12.7. The molecule has 2 rings (SSSR count). The predicted octanol–water partition coefficient (Wildman–Crippen LogP) is 1.73. The second kappa shape index (κ2) is 8.78. The van der Waals surface area contributed by atoms with E-state index in [9.17, 15) is 9.59 Å². The molecule has 24 heavy (non-hydrogen) atoms. The Labute approximate surface area is 144 Å². The summed E-state index contributed by atoms with van der Waals surface area (Å²) >= 11 is 0. The molecule has 0 unspecified atom stereocenters. The maximum absolute atomic E-state index is 12.7. The van der Waals surface area contributed by atoms with Gasteiger partial charge in [0.2, 0.25) is 0 Å². The summed E-state index contributed by atoms with van der Waals surface area (Å²) in [5.41, 5.74) is 0.973. The SMILES string of the molecule is CCCCN(C)C(=O)c1cncc(C(=O)N2CCN(CC)CC2)c1. The van der Waals surface area contributed by atoms with E-state index in [0.29, 0.717) is 17.7 Å². The van der Waals surface area contributed by atoms with Crippen molar-refractivity contribution in [3.63, 3.8) is 0 Å². The average Bonchev–Trinajstić information content (AvgIpc) is 2.65. The lowest BCUT2D eigenvalue weighted by atomic mass is 10.1. The summed E-state index contributed by atoms with van der Waals surface area (Å²) in [6.45, 7) is 9.19. The first-order valence-electron chi connectivity index (χ1n) is 8.79. The number of pyridine rings is 1. The molecule has 0 saturated carbocycles. The van der Waals surface area contributed by atoms with E-state index in [-0.39, 0.29) is 11.8 Å². The molecule has 0 spiro atoms. The minimum absolute atomic E-state index is 0.0379. The van der Waals surface area contributed by atoms with Crippen molar-refractivity contribution in [2.45, 2.75) is 26.7 Å². The molecule has 1 aromatic rings. The van der Waals surface area contributed by atoms with Gasteiger partial charge in [-0.2, -0.15) is 0 Å². The van der Waals surface area contributed by atoms with Gasteiger partial charge in [-0.15, -0.1) is 0 Å². The van der Waals surface area contributed by atoms with Crippen LogP contribution in [0.25, 0.3) is 0 Å². The molecule has 6 heteroatoms. The first-order chi connectivity index (χ1) is 11.6. The van der Waals surface area contributed by atoms with Gasteiger partial charge >= 0.3 is 0 Å². The van der Waals surface area contributed by atoms with Crippen LogP contribution in [0.4, 0.5) is 0 Å². The third-order valence-corrected chi connectivity index (χ3v) is 4.53. The fourth-order valence-electron chi connectivity index (χ4n) is 2.84. The number of unbranched alkanes of at least 4 members (excludes halogenated alkanes) is 1. The molecule has 0 N–H and O–H groups in total. The van der Waals surface area contributed by atoms with E-state index in [2.05, 4.69) is 23.7 Å². The first-order valence-corrected chi connectivity index (χ1v) is 8.79. The number of hydrogen-bond donors (Lipinski definition) is 0. The molecule has 1 aromatic heterocycles. The van der Waals surface area contributed by atoms with Crippen molar-refractivity contribution in [2.75, 3.05) is 46.3 Å². The summed E-state index contributed by atoms with van der Waals surface area (Å²) in [6.07, 6.45) is 5.10. The molecule has 1 saturated heterocycles. The summed E-state index contributed by atoms with van der Waals surface area (Å²) in [5.74, 6) is -0.120. The zero-order valence-corrected chi connectivity index (χ0v) is 15.0. The average molecular weight is 332 g/mol. The monoisotopic (exact) mass is 332 g/mol. The Morgan fingerprint density at radius 3 is 2.42 bits per heavy atom. The van der Waals surface area contributed by atoms with E-state index in [0.717, 1.165) is 45.6 Å². The van der Waals surface area contributed by atoms with Crippen molar-refractivity contribution >= 4 is 11.8 Å². The van der Waals surface area contributed by atoms with Crippen LogP contribution in [0.1, 0.15) is 47.4 Å². The van der Waals surface area contributed by atoms with Gasteiger partial charge in [-0.25, -0.2) is 0 Å². The predicted molar refractivity (Wildman–Crippen MR) is 94.1 cm³/mol. The van der Waals surface area contributed by atoms with Crippen LogP contribution in [0.15, 0.2) is 18.5 Å². The molecule has 0 aromatic carbocycles. The van der Waals surface area contributed by atoms with Gasteiger partial charge in [0.25, 0.3) is 11.8 Å². The topological polar surface area (TPSA) is 56.8 Å². The molecule has 1 aliphatic heterocycles. The number of nitrogens with zero attached hydrogens (tertiary/aromatic N) is 4. The van der Waals surface area contributed by atoms with Crippen molar-refractivity contribution in [1.29, 1.82) is 0 Å². The molecule has 0 aliphatic carbocycles. The molecule has 1 aliphatic rings. The zero-order valence-electron chi connectivity index (χ0n) is 15.0. The number of hydrogen-bond acceptors (Lipinski definition) is 4. The largest absolute Gasteiger partial charge is 0.342 e. The van der Waals surface area contributed by atoms with E-state index < -0.39 is 0 Å². The van der Waals surface area contributed by atoms with Gasteiger partial charge < -0.3 is 14.7 Å². The van der Waals surface area contributed by atoms with Gasteiger partial charge in [-0.3, -0.25) is 14.6 Å². The Bertz CT molecular complexity index is 568. The van der Waals surface area contributed by atoms with E-state index in [1.807, 2.05) is 4.90 Å². The summed E-state index contributed by atoms with van der Waals surface area (Å²) in [4.78, 5) is 35.1. The first kappa shape index (κ1) is 18.4. The standard InChI is InChI=1S/C18H28N4O2/c1-4-6-7-20(3)17(23)15-12-16(14-19-13-15)18(24)22-10-8-21(5-2)9-11-22/h12-14H,4-11H2,1-3H3. The Hall–Kier alpha value is -1.95. The Morgan fingerprint density at radius 1 is 1.12 bits per heavy atom. The van der Waals surface area contributed by atoms with Gasteiger partial charge in [0.1, 0.15) is 0 Å². The van der Waals surface area contributed by atoms with Gasteiger partial charge in [0.15, 0.2) is 0 Å². The second-order valence-corrected chi connectivity index (χ2v) is 6.27. The van der Waals surface area contributed by atoms with Crippen LogP contribution < -0.4 is 0 Å². The van der Waals surface area contributed by atoms with Crippen molar-refractivity contribution in [1.82, 2.24) is 19.7 Å². The van der Waals surface area contributed by atoms with Crippen LogP contribution in [-0.2, 0) is 0 Å². The van der Waals surface area contributed by atoms with E-state index in [1.54, 1.807) is 24.2 Å². The highest BCUT2D eigenvalue weighted by Gasteiger charge is 2.22. The van der Waals surface area contributed by atoms with Crippen LogP contribution in [0.5, 0.6) is 0 Å². The van der Waals surface area contributed by atoms with Crippen LogP contribution in [0.3, 0.4) is 0 Å². The van der Waals surface area contributed by atoms with Crippen molar-refractivity contribution in [3.8, 4) is 0 Å². The normalized spacial score (nSPS) is 15.4. The number of carbonyl (C=O) groups excluding carboxylic acids is 2. The van der Waals surface area contributed by atoms with E-state index in [1.165, 1.54) is 6.20 Å². The lowest BCUT2D eigenvalue weighted by Crippen LogP contribution is -2.48. The number of likely N-dealkylation sites (N-methyl/N-ethyl adjacent to an activating group) is 1. The van der Waals surface area contributed by atoms with Gasteiger partial charge in [0.05, 0.1) is 11.1 Å². The van der Waals surface area contributed by atoms with Crippen LogP contribution >= 0.6 is 0 Å². The number of carbonyl (C=O) groups is 2. The molecular weight excluding hydrogens is 304 g/mol. The Kier molecular flexibility index (Phi) is 6.73. The number of piperazine rings is 1. The lowest BCUT2D eigenvalue weighted by molar-refractivity contribution is 0.0643. The molecule has 2 amide bonds. The molecule has 0 atom stereocenters. The minimum atomic E-state index is -0.0820. The Balaban J connectivity index is 2.04. The number of aromatic nitrogens is 1. The summed E-state index contributed by atoms with van der Waals surface area (Å²) in [6, 6.07) is 1.67. The van der Waals surface area contributed by atoms with Crippen LogP contribution in [0, 0.1) is 0 Å². The molecule has 132 valence electrons. The third-order valence-electron chi connectivity index (χ3n) is 4.53. The van der Waals surface area contributed by atoms with Gasteiger partial charge in [-0.05, 0) is 19.0 Å². The number of amides is 2. The summed E-state index contributed by atoms with van der Waals surface area (Å²) in [7, 11) is 1.79.